The molecule has 5 nitrogen and oxygen atoms in total. The van der Waals surface area contributed by atoms with E-state index in [0.717, 1.165) is 11.3 Å². The molecular weight excluding hydrogens is 478 g/mol. The molecule has 2 aromatic carbocycles. The molecule has 1 amide bonds. The van der Waals surface area contributed by atoms with Crippen molar-refractivity contribution in [2.75, 3.05) is 26.9 Å². The van der Waals surface area contributed by atoms with Gasteiger partial charge in [-0.1, -0.05) is 68.5 Å². The quantitative estimate of drug-likeness (QED) is 0.237. The number of carbonyl (C=O) groups is 1. The van der Waals surface area contributed by atoms with Crippen LogP contribution < -0.4 is 14.2 Å². The van der Waals surface area contributed by atoms with E-state index in [0.29, 0.717) is 45.5 Å². The van der Waals surface area contributed by atoms with Crippen molar-refractivity contribution in [1.82, 2.24) is 4.90 Å². The second kappa shape index (κ2) is 10.8. The number of hydrogen-bond donors (Lipinski definition) is 0. The highest BCUT2D eigenvalue weighted by Crippen LogP contribution is 2.39. The summed E-state index contributed by atoms with van der Waals surface area (Å²) in [5.74, 6) is 1.60. The lowest BCUT2D eigenvalue weighted by Gasteiger charge is -2.19. The van der Waals surface area contributed by atoms with Crippen LogP contribution in [0.1, 0.15) is 38.8 Å². The van der Waals surface area contributed by atoms with Crippen molar-refractivity contribution in [2.45, 2.75) is 33.1 Å². The Morgan fingerprint density at radius 2 is 1.79 bits per heavy atom. The lowest BCUT2D eigenvalue weighted by molar-refractivity contribution is -0.121. The average Bonchev–Trinajstić information content (AvgIpc) is 3.03. The minimum absolute atomic E-state index is 0.0993. The van der Waals surface area contributed by atoms with E-state index < -0.39 is 0 Å². The molecule has 2 aromatic rings. The van der Waals surface area contributed by atoms with Gasteiger partial charge in [0.1, 0.15) is 23.3 Å². The molecule has 1 heterocycles. The summed E-state index contributed by atoms with van der Waals surface area (Å²) in [4.78, 5) is 14.6. The third kappa shape index (κ3) is 6.22. The van der Waals surface area contributed by atoms with Crippen LogP contribution in [0.15, 0.2) is 41.3 Å². The standard InChI is InChI=1S/C25H28ClNO4S2/c1-6-27-23(28)21(33-24(27)32)15-16-13-19(26)22(20(14-16)29-5)31-12-11-30-18-9-7-17(8-10-18)25(2,3)4/h7-10,13-15H,6,11-12H2,1-5H3. The number of nitrogens with zero attached hydrogens (tertiary/aromatic N) is 1. The van der Waals surface area contributed by atoms with Crippen molar-refractivity contribution >= 4 is 51.9 Å². The van der Waals surface area contributed by atoms with Crippen LogP contribution in [0.5, 0.6) is 17.2 Å². The van der Waals surface area contributed by atoms with Crippen LogP contribution in [-0.4, -0.2) is 42.0 Å². The van der Waals surface area contributed by atoms with E-state index in [1.165, 1.54) is 17.3 Å². The maximum absolute atomic E-state index is 12.5. The molecular formula is C25H28ClNO4S2. The molecule has 1 fully saturated rings. The monoisotopic (exact) mass is 505 g/mol. The number of rotatable bonds is 8. The van der Waals surface area contributed by atoms with Crippen molar-refractivity contribution in [3.63, 3.8) is 0 Å². The first-order valence-electron chi connectivity index (χ1n) is 10.6. The average molecular weight is 506 g/mol. The molecule has 8 heteroatoms. The Kier molecular flexibility index (Phi) is 8.32. The summed E-state index contributed by atoms with van der Waals surface area (Å²) in [6.45, 7) is 9.62. The lowest BCUT2D eigenvalue weighted by Crippen LogP contribution is -2.27. The molecule has 1 aliphatic heterocycles. The number of thioether (sulfide) groups is 1. The number of benzene rings is 2. The van der Waals surface area contributed by atoms with Gasteiger partial charge in [-0.15, -0.1) is 0 Å². The largest absolute Gasteiger partial charge is 0.493 e. The Balaban J connectivity index is 1.64. The van der Waals surface area contributed by atoms with E-state index in [2.05, 4.69) is 32.9 Å². The third-order valence-corrected chi connectivity index (χ3v) is 6.72. The van der Waals surface area contributed by atoms with Gasteiger partial charge in [-0.2, -0.15) is 0 Å². The smallest absolute Gasteiger partial charge is 0.266 e. The minimum atomic E-state index is -0.101. The molecule has 0 radical (unpaired) electrons. The van der Waals surface area contributed by atoms with E-state index in [4.69, 9.17) is 38.0 Å². The first kappa shape index (κ1) is 25.4. The van der Waals surface area contributed by atoms with Crippen LogP contribution in [0, 0.1) is 0 Å². The van der Waals surface area contributed by atoms with Crippen molar-refractivity contribution in [3.05, 3.63) is 57.5 Å². The zero-order chi connectivity index (χ0) is 24.2. The molecule has 0 atom stereocenters. The van der Waals surface area contributed by atoms with Gasteiger partial charge in [0.2, 0.25) is 0 Å². The Hall–Kier alpha value is -2.22. The normalized spacial score (nSPS) is 15.3. The van der Waals surface area contributed by atoms with E-state index in [1.54, 1.807) is 30.2 Å². The molecule has 0 spiro atoms. The van der Waals surface area contributed by atoms with Crippen LogP contribution in [0.4, 0.5) is 0 Å². The highest BCUT2D eigenvalue weighted by Gasteiger charge is 2.30. The molecule has 0 saturated carbocycles. The van der Waals surface area contributed by atoms with Crippen molar-refractivity contribution < 1.29 is 19.0 Å². The topological polar surface area (TPSA) is 48.0 Å². The molecule has 0 unspecified atom stereocenters. The van der Waals surface area contributed by atoms with Gasteiger partial charge in [0, 0.05) is 6.54 Å². The number of amides is 1. The van der Waals surface area contributed by atoms with Gasteiger partial charge in [-0.25, -0.2) is 0 Å². The fraction of sp³-hybridized carbons (Fsp3) is 0.360. The van der Waals surface area contributed by atoms with Gasteiger partial charge in [0.05, 0.1) is 17.0 Å². The van der Waals surface area contributed by atoms with Crippen LogP contribution in [0.2, 0.25) is 5.02 Å². The van der Waals surface area contributed by atoms with E-state index >= 15 is 0 Å². The summed E-state index contributed by atoms with van der Waals surface area (Å²) >= 11 is 13.0. The van der Waals surface area contributed by atoms with Crippen LogP contribution in [0.25, 0.3) is 6.08 Å². The van der Waals surface area contributed by atoms with Gasteiger partial charge < -0.3 is 14.2 Å². The molecule has 176 valence electrons. The fourth-order valence-electron chi connectivity index (χ4n) is 3.24. The summed E-state index contributed by atoms with van der Waals surface area (Å²) in [7, 11) is 1.55. The molecule has 0 N–H and O–H groups in total. The number of likely N-dealkylation sites (N-methyl/N-ethyl adjacent to an activating group) is 1. The summed E-state index contributed by atoms with van der Waals surface area (Å²) in [5.41, 5.74) is 2.08. The van der Waals surface area contributed by atoms with Crippen molar-refractivity contribution in [2.24, 2.45) is 0 Å². The lowest BCUT2D eigenvalue weighted by atomic mass is 9.87. The molecule has 1 aliphatic rings. The van der Waals surface area contributed by atoms with Gasteiger partial charge in [-0.3, -0.25) is 9.69 Å². The van der Waals surface area contributed by atoms with E-state index in [-0.39, 0.29) is 11.3 Å². The van der Waals surface area contributed by atoms with E-state index in [1.807, 2.05) is 19.1 Å². The molecule has 3 rings (SSSR count). The SMILES string of the molecule is CCN1C(=O)C(=Cc2cc(Cl)c(OCCOc3ccc(C(C)(C)C)cc3)c(OC)c2)SC1=S. The van der Waals surface area contributed by atoms with Crippen LogP contribution in [0.3, 0.4) is 0 Å². The Morgan fingerprint density at radius 3 is 2.36 bits per heavy atom. The number of thiocarbonyl (C=S) groups is 1. The summed E-state index contributed by atoms with van der Waals surface area (Å²) < 4.78 is 17.7. The van der Waals surface area contributed by atoms with Crippen molar-refractivity contribution in [1.29, 1.82) is 0 Å². The highest BCUT2D eigenvalue weighted by molar-refractivity contribution is 8.26. The predicted octanol–water partition coefficient (Wildman–Crippen LogP) is 6.33. The number of halogens is 1. The fourth-order valence-corrected chi connectivity index (χ4v) is 4.90. The van der Waals surface area contributed by atoms with E-state index in [9.17, 15) is 4.79 Å². The second-order valence-corrected chi connectivity index (χ2v) is 10.5. The van der Waals surface area contributed by atoms with Crippen molar-refractivity contribution in [3.8, 4) is 17.2 Å². The number of carbonyl (C=O) groups excluding carboxylic acids is 1. The first-order chi connectivity index (χ1) is 15.6. The summed E-state index contributed by atoms with van der Waals surface area (Å²) in [6.07, 6.45) is 1.76. The number of ether oxygens (including phenoxy) is 3. The molecule has 0 aromatic heterocycles. The van der Waals surface area contributed by atoms with Gasteiger partial charge >= 0.3 is 0 Å². The molecule has 0 bridgehead atoms. The van der Waals surface area contributed by atoms with Gasteiger partial charge in [-0.05, 0) is 53.8 Å². The zero-order valence-electron chi connectivity index (χ0n) is 19.4. The number of hydrogen-bond acceptors (Lipinski definition) is 6. The third-order valence-electron chi connectivity index (χ3n) is 5.06. The minimum Gasteiger partial charge on any atom is -0.493 e. The molecule has 0 aliphatic carbocycles. The predicted molar refractivity (Wildman–Crippen MR) is 140 cm³/mol. The molecule has 33 heavy (non-hydrogen) atoms. The van der Waals surface area contributed by atoms with Crippen LogP contribution in [-0.2, 0) is 10.2 Å². The second-order valence-electron chi connectivity index (χ2n) is 8.43. The van der Waals surface area contributed by atoms with Gasteiger partial charge in [0.15, 0.2) is 11.5 Å². The maximum Gasteiger partial charge on any atom is 0.266 e. The van der Waals surface area contributed by atoms with Crippen LogP contribution >= 0.6 is 35.6 Å². The Bertz CT molecular complexity index is 1060. The molecule has 1 saturated heterocycles. The zero-order valence-corrected chi connectivity index (χ0v) is 21.8. The highest BCUT2D eigenvalue weighted by atomic mass is 35.5. The first-order valence-corrected chi connectivity index (χ1v) is 12.2. The Labute approximate surface area is 210 Å². The van der Waals surface area contributed by atoms with Gasteiger partial charge in [0.25, 0.3) is 5.91 Å². The number of methoxy groups -OCH3 is 1. The summed E-state index contributed by atoms with van der Waals surface area (Å²) in [5, 5.41) is 0.390. The maximum atomic E-state index is 12.5. The Morgan fingerprint density at radius 1 is 1.12 bits per heavy atom. The summed E-state index contributed by atoms with van der Waals surface area (Å²) in [6, 6.07) is 11.6.